The minimum Gasteiger partial charge on any atom is -0.487 e. The summed E-state index contributed by atoms with van der Waals surface area (Å²) in [6.07, 6.45) is 1.69. The SMILES string of the molecule is O=C(c1cccc(COc2ccccc2Cl)c1)N1CCN(Cc2ccco2)CC1. The molecule has 29 heavy (non-hydrogen) atoms. The van der Waals surface area contributed by atoms with Gasteiger partial charge >= 0.3 is 0 Å². The van der Waals surface area contributed by atoms with Gasteiger partial charge in [-0.2, -0.15) is 0 Å². The number of rotatable bonds is 6. The number of hydrogen-bond acceptors (Lipinski definition) is 4. The zero-order valence-electron chi connectivity index (χ0n) is 16.1. The number of piperazine rings is 1. The van der Waals surface area contributed by atoms with E-state index in [1.807, 2.05) is 59.5 Å². The standard InChI is InChI=1S/C23H23ClN2O3/c24-21-8-1-2-9-22(21)29-17-18-5-3-6-19(15-18)23(27)26-12-10-25(11-13-26)16-20-7-4-14-28-20/h1-9,14-15H,10-13,16-17H2. The van der Waals surface area contributed by atoms with Crippen molar-refractivity contribution in [3.8, 4) is 5.75 Å². The molecule has 1 fully saturated rings. The van der Waals surface area contributed by atoms with Crippen LogP contribution in [-0.4, -0.2) is 41.9 Å². The third-order valence-electron chi connectivity index (χ3n) is 5.02. The summed E-state index contributed by atoms with van der Waals surface area (Å²) >= 11 is 6.13. The highest BCUT2D eigenvalue weighted by molar-refractivity contribution is 6.32. The van der Waals surface area contributed by atoms with Crippen LogP contribution in [0.15, 0.2) is 71.3 Å². The largest absolute Gasteiger partial charge is 0.487 e. The molecule has 150 valence electrons. The van der Waals surface area contributed by atoms with Crippen LogP contribution in [0.2, 0.25) is 5.02 Å². The van der Waals surface area contributed by atoms with Crippen molar-refractivity contribution in [2.24, 2.45) is 0 Å². The molecule has 1 aliphatic rings. The Morgan fingerprint density at radius 3 is 2.59 bits per heavy atom. The van der Waals surface area contributed by atoms with E-state index in [-0.39, 0.29) is 5.91 Å². The Kier molecular flexibility index (Phi) is 6.17. The summed E-state index contributed by atoms with van der Waals surface area (Å²) < 4.78 is 11.2. The molecule has 2 heterocycles. The maximum Gasteiger partial charge on any atom is 0.253 e. The molecule has 0 atom stereocenters. The Labute approximate surface area is 175 Å². The van der Waals surface area contributed by atoms with Crippen molar-refractivity contribution in [1.82, 2.24) is 9.80 Å². The minimum atomic E-state index is 0.0576. The first-order valence-corrected chi connectivity index (χ1v) is 10.1. The summed E-state index contributed by atoms with van der Waals surface area (Å²) in [6, 6.07) is 18.9. The van der Waals surface area contributed by atoms with Crippen LogP contribution in [0.25, 0.3) is 0 Å². The molecule has 0 N–H and O–H groups in total. The molecule has 0 saturated carbocycles. The van der Waals surface area contributed by atoms with E-state index in [1.54, 1.807) is 12.3 Å². The number of benzene rings is 2. The highest BCUT2D eigenvalue weighted by Gasteiger charge is 2.22. The van der Waals surface area contributed by atoms with Gasteiger partial charge < -0.3 is 14.1 Å². The highest BCUT2D eigenvalue weighted by Crippen LogP contribution is 2.24. The van der Waals surface area contributed by atoms with Crippen LogP contribution in [0.1, 0.15) is 21.7 Å². The average molecular weight is 411 g/mol. The van der Waals surface area contributed by atoms with E-state index in [2.05, 4.69) is 4.90 Å². The molecule has 0 radical (unpaired) electrons. The number of carbonyl (C=O) groups excluding carboxylic acids is 1. The minimum absolute atomic E-state index is 0.0576. The van der Waals surface area contributed by atoms with Crippen LogP contribution in [-0.2, 0) is 13.2 Å². The molecule has 0 aliphatic carbocycles. The maximum atomic E-state index is 12.9. The first kappa shape index (κ1) is 19.6. The highest BCUT2D eigenvalue weighted by atomic mass is 35.5. The van der Waals surface area contributed by atoms with E-state index in [0.717, 1.165) is 31.0 Å². The summed E-state index contributed by atoms with van der Waals surface area (Å²) in [5, 5.41) is 0.576. The van der Waals surface area contributed by atoms with E-state index in [4.69, 9.17) is 20.8 Å². The molecule has 6 heteroatoms. The van der Waals surface area contributed by atoms with Crippen LogP contribution in [0, 0.1) is 0 Å². The first-order valence-electron chi connectivity index (χ1n) is 9.69. The van der Waals surface area contributed by atoms with Crippen LogP contribution < -0.4 is 4.74 Å². The Morgan fingerprint density at radius 1 is 1.00 bits per heavy atom. The lowest BCUT2D eigenvalue weighted by atomic mass is 10.1. The van der Waals surface area contributed by atoms with Crippen molar-refractivity contribution in [2.75, 3.05) is 26.2 Å². The van der Waals surface area contributed by atoms with Gasteiger partial charge in [-0.25, -0.2) is 0 Å². The molecule has 1 amide bonds. The molecule has 0 bridgehead atoms. The number of nitrogens with zero attached hydrogens (tertiary/aromatic N) is 2. The normalized spacial score (nSPS) is 14.7. The van der Waals surface area contributed by atoms with Crippen LogP contribution in [0.5, 0.6) is 5.75 Å². The van der Waals surface area contributed by atoms with Gasteiger partial charge in [0.15, 0.2) is 0 Å². The average Bonchev–Trinajstić information content (AvgIpc) is 3.26. The third-order valence-corrected chi connectivity index (χ3v) is 5.34. The van der Waals surface area contributed by atoms with E-state index in [1.165, 1.54) is 0 Å². The number of amides is 1. The molecule has 0 spiro atoms. The number of ether oxygens (including phenoxy) is 1. The second kappa shape index (κ2) is 9.16. The molecular formula is C23H23ClN2O3. The lowest BCUT2D eigenvalue weighted by Gasteiger charge is -2.34. The molecule has 1 aromatic heterocycles. The summed E-state index contributed by atoms with van der Waals surface area (Å²) in [7, 11) is 0. The predicted molar refractivity (Wildman–Crippen MR) is 112 cm³/mol. The van der Waals surface area contributed by atoms with Gasteiger partial charge in [-0.3, -0.25) is 9.69 Å². The number of para-hydroxylation sites is 1. The van der Waals surface area contributed by atoms with Crippen molar-refractivity contribution >= 4 is 17.5 Å². The van der Waals surface area contributed by atoms with Gasteiger partial charge in [0.1, 0.15) is 18.1 Å². The molecule has 1 aliphatic heterocycles. The molecule has 4 rings (SSSR count). The summed E-state index contributed by atoms with van der Waals surface area (Å²) in [5.41, 5.74) is 1.62. The molecule has 5 nitrogen and oxygen atoms in total. The van der Waals surface area contributed by atoms with Gasteiger partial charge in [-0.05, 0) is 42.0 Å². The lowest BCUT2D eigenvalue weighted by molar-refractivity contribution is 0.0620. The number of carbonyl (C=O) groups is 1. The van der Waals surface area contributed by atoms with Gasteiger partial charge in [-0.1, -0.05) is 35.9 Å². The van der Waals surface area contributed by atoms with Crippen LogP contribution in [0.4, 0.5) is 0 Å². The van der Waals surface area contributed by atoms with Crippen molar-refractivity contribution < 1.29 is 13.9 Å². The Morgan fingerprint density at radius 2 is 1.83 bits per heavy atom. The fourth-order valence-electron chi connectivity index (χ4n) is 3.43. The van der Waals surface area contributed by atoms with Crippen molar-refractivity contribution in [3.63, 3.8) is 0 Å². The maximum absolute atomic E-state index is 12.9. The van der Waals surface area contributed by atoms with Crippen molar-refractivity contribution in [2.45, 2.75) is 13.2 Å². The zero-order chi connectivity index (χ0) is 20.1. The van der Waals surface area contributed by atoms with Gasteiger partial charge in [-0.15, -0.1) is 0 Å². The van der Waals surface area contributed by atoms with Gasteiger partial charge in [0.2, 0.25) is 0 Å². The van der Waals surface area contributed by atoms with E-state index in [0.29, 0.717) is 36.0 Å². The summed E-state index contributed by atoms with van der Waals surface area (Å²) in [5.74, 6) is 1.65. The summed E-state index contributed by atoms with van der Waals surface area (Å²) in [6.45, 7) is 4.23. The van der Waals surface area contributed by atoms with Gasteiger partial charge in [0.05, 0.1) is 17.8 Å². The number of hydrogen-bond donors (Lipinski definition) is 0. The second-order valence-electron chi connectivity index (χ2n) is 7.07. The van der Waals surface area contributed by atoms with Crippen LogP contribution >= 0.6 is 11.6 Å². The summed E-state index contributed by atoms with van der Waals surface area (Å²) in [4.78, 5) is 17.1. The Hall–Kier alpha value is -2.76. The number of halogens is 1. The Balaban J connectivity index is 1.33. The van der Waals surface area contributed by atoms with E-state index < -0.39 is 0 Å². The van der Waals surface area contributed by atoms with Crippen molar-refractivity contribution in [1.29, 1.82) is 0 Å². The smallest absolute Gasteiger partial charge is 0.253 e. The first-order chi connectivity index (χ1) is 14.2. The molecule has 1 saturated heterocycles. The quantitative estimate of drug-likeness (QED) is 0.601. The Bertz CT molecular complexity index is 950. The second-order valence-corrected chi connectivity index (χ2v) is 7.47. The van der Waals surface area contributed by atoms with Crippen LogP contribution in [0.3, 0.4) is 0 Å². The molecule has 0 unspecified atom stereocenters. The van der Waals surface area contributed by atoms with E-state index >= 15 is 0 Å². The third kappa shape index (κ3) is 5.00. The predicted octanol–water partition coefficient (Wildman–Crippen LogP) is 4.47. The fourth-order valence-corrected chi connectivity index (χ4v) is 3.62. The zero-order valence-corrected chi connectivity index (χ0v) is 16.8. The fraction of sp³-hybridized carbons (Fsp3) is 0.261. The molecule has 2 aromatic carbocycles. The topological polar surface area (TPSA) is 45.9 Å². The van der Waals surface area contributed by atoms with Gasteiger partial charge in [0, 0.05) is 31.7 Å². The monoisotopic (exact) mass is 410 g/mol. The van der Waals surface area contributed by atoms with Gasteiger partial charge in [0.25, 0.3) is 5.91 Å². The van der Waals surface area contributed by atoms with Crippen molar-refractivity contribution in [3.05, 3.63) is 88.8 Å². The molecule has 3 aromatic rings. The lowest BCUT2D eigenvalue weighted by Crippen LogP contribution is -2.48. The molecular weight excluding hydrogens is 388 g/mol. The van der Waals surface area contributed by atoms with E-state index in [9.17, 15) is 4.79 Å². The number of furan rings is 1.